The van der Waals surface area contributed by atoms with E-state index in [1.54, 1.807) is 7.11 Å². The van der Waals surface area contributed by atoms with Gasteiger partial charge in [-0.05, 0) is 36.3 Å². The molecule has 0 amide bonds. The first-order valence-corrected chi connectivity index (χ1v) is 6.73. The number of hydrogen-bond acceptors (Lipinski definition) is 3. The standard InChI is InChI=1S/C15H23NO2/c1-17-9-10-18-8-4-6-13-11-12-5-2-3-7-14(12)15(13)16/h2-3,5,7,13,15H,4,6,8-11,16H2,1H3. The Kier molecular flexibility index (Phi) is 5.17. The van der Waals surface area contributed by atoms with Gasteiger partial charge in [-0.25, -0.2) is 0 Å². The molecule has 2 N–H and O–H groups in total. The molecule has 0 aliphatic heterocycles. The molecule has 0 radical (unpaired) electrons. The van der Waals surface area contributed by atoms with Crippen molar-refractivity contribution in [2.24, 2.45) is 11.7 Å². The van der Waals surface area contributed by atoms with Gasteiger partial charge in [-0.3, -0.25) is 0 Å². The summed E-state index contributed by atoms with van der Waals surface area (Å²) in [5.41, 5.74) is 9.05. The average molecular weight is 249 g/mol. The second-order valence-electron chi connectivity index (χ2n) is 4.94. The van der Waals surface area contributed by atoms with E-state index in [0.29, 0.717) is 19.1 Å². The highest BCUT2D eigenvalue weighted by molar-refractivity contribution is 5.35. The van der Waals surface area contributed by atoms with Gasteiger partial charge in [0.15, 0.2) is 0 Å². The second-order valence-corrected chi connectivity index (χ2v) is 4.94. The van der Waals surface area contributed by atoms with E-state index >= 15 is 0 Å². The topological polar surface area (TPSA) is 44.5 Å². The van der Waals surface area contributed by atoms with Crippen LogP contribution >= 0.6 is 0 Å². The molecule has 100 valence electrons. The van der Waals surface area contributed by atoms with E-state index in [-0.39, 0.29) is 6.04 Å². The molecule has 3 heteroatoms. The smallest absolute Gasteiger partial charge is 0.0700 e. The number of hydrogen-bond donors (Lipinski definition) is 1. The van der Waals surface area contributed by atoms with E-state index in [4.69, 9.17) is 15.2 Å². The third-order valence-corrected chi connectivity index (χ3v) is 3.70. The summed E-state index contributed by atoms with van der Waals surface area (Å²) in [7, 11) is 1.69. The van der Waals surface area contributed by atoms with Gasteiger partial charge in [0.2, 0.25) is 0 Å². The maximum Gasteiger partial charge on any atom is 0.0700 e. The van der Waals surface area contributed by atoms with Gasteiger partial charge in [0.25, 0.3) is 0 Å². The minimum absolute atomic E-state index is 0.208. The number of rotatable bonds is 7. The van der Waals surface area contributed by atoms with Gasteiger partial charge in [-0.1, -0.05) is 24.3 Å². The zero-order valence-corrected chi connectivity index (χ0v) is 11.1. The van der Waals surface area contributed by atoms with Gasteiger partial charge in [0.05, 0.1) is 13.2 Å². The fourth-order valence-corrected chi connectivity index (χ4v) is 2.68. The predicted molar refractivity (Wildman–Crippen MR) is 72.5 cm³/mol. The Balaban J connectivity index is 1.70. The maximum absolute atomic E-state index is 6.29. The summed E-state index contributed by atoms with van der Waals surface area (Å²) in [5, 5.41) is 0. The van der Waals surface area contributed by atoms with Crippen LogP contribution in [0.1, 0.15) is 30.0 Å². The Morgan fingerprint density at radius 3 is 2.83 bits per heavy atom. The molecule has 18 heavy (non-hydrogen) atoms. The molecule has 1 aromatic rings. The quantitative estimate of drug-likeness (QED) is 0.754. The number of fused-ring (bicyclic) bond motifs is 1. The molecule has 3 nitrogen and oxygen atoms in total. The van der Waals surface area contributed by atoms with Gasteiger partial charge in [0, 0.05) is 19.8 Å². The highest BCUT2D eigenvalue weighted by Gasteiger charge is 2.28. The van der Waals surface area contributed by atoms with Crippen LogP contribution in [0.5, 0.6) is 0 Å². The minimum atomic E-state index is 0.208. The van der Waals surface area contributed by atoms with E-state index in [1.165, 1.54) is 11.1 Å². The molecule has 2 rings (SSSR count). The third kappa shape index (κ3) is 3.31. The van der Waals surface area contributed by atoms with Crippen LogP contribution in [0.4, 0.5) is 0 Å². The Hall–Kier alpha value is -0.900. The normalized spacial score (nSPS) is 22.1. The second kappa shape index (κ2) is 6.88. The van der Waals surface area contributed by atoms with Crippen molar-refractivity contribution in [3.8, 4) is 0 Å². The van der Waals surface area contributed by atoms with E-state index in [2.05, 4.69) is 24.3 Å². The molecule has 0 aromatic heterocycles. The zero-order chi connectivity index (χ0) is 12.8. The van der Waals surface area contributed by atoms with Gasteiger partial charge in [-0.15, -0.1) is 0 Å². The van der Waals surface area contributed by atoms with E-state index in [0.717, 1.165) is 25.9 Å². The summed E-state index contributed by atoms with van der Waals surface area (Å²) < 4.78 is 10.4. The number of methoxy groups -OCH3 is 1. The molecule has 0 saturated heterocycles. The van der Waals surface area contributed by atoms with Crippen molar-refractivity contribution in [2.75, 3.05) is 26.9 Å². The van der Waals surface area contributed by atoms with E-state index in [9.17, 15) is 0 Å². The van der Waals surface area contributed by atoms with Crippen LogP contribution in [0.15, 0.2) is 24.3 Å². The van der Waals surface area contributed by atoms with Crippen LogP contribution < -0.4 is 5.73 Å². The molecular formula is C15H23NO2. The first-order valence-electron chi connectivity index (χ1n) is 6.73. The maximum atomic E-state index is 6.29. The lowest BCUT2D eigenvalue weighted by molar-refractivity contribution is 0.0669. The Bertz CT molecular complexity index is 367. The zero-order valence-electron chi connectivity index (χ0n) is 11.1. The van der Waals surface area contributed by atoms with Gasteiger partial charge in [0.1, 0.15) is 0 Å². The average Bonchev–Trinajstić information content (AvgIpc) is 2.71. The molecule has 0 fully saturated rings. The highest BCUT2D eigenvalue weighted by atomic mass is 16.5. The first kappa shape index (κ1) is 13.5. The van der Waals surface area contributed by atoms with Crippen LogP contribution in [-0.2, 0) is 15.9 Å². The van der Waals surface area contributed by atoms with Crippen molar-refractivity contribution >= 4 is 0 Å². The molecular weight excluding hydrogens is 226 g/mol. The summed E-state index contributed by atoms with van der Waals surface area (Å²) in [5.74, 6) is 0.577. The SMILES string of the molecule is COCCOCCCC1Cc2ccccc2C1N. The summed E-state index contributed by atoms with van der Waals surface area (Å²) in [6, 6.07) is 8.75. The fourth-order valence-electron chi connectivity index (χ4n) is 2.68. The van der Waals surface area contributed by atoms with Crippen molar-refractivity contribution in [2.45, 2.75) is 25.3 Å². The van der Waals surface area contributed by atoms with Crippen LogP contribution in [0, 0.1) is 5.92 Å². The monoisotopic (exact) mass is 249 g/mol. The van der Waals surface area contributed by atoms with Crippen LogP contribution in [0.3, 0.4) is 0 Å². The van der Waals surface area contributed by atoms with Crippen molar-refractivity contribution in [1.82, 2.24) is 0 Å². The molecule has 1 aliphatic rings. The minimum Gasteiger partial charge on any atom is -0.382 e. The molecule has 0 bridgehead atoms. The van der Waals surface area contributed by atoms with E-state index in [1.807, 2.05) is 0 Å². The lowest BCUT2D eigenvalue weighted by Gasteiger charge is -2.15. The van der Waals surface area contributed by atoms with Crippen molar-refractivity contribution in [1.29, 1.82) is 0 Å². The summed E-state index contributed by atoms with van der Waals surface area (Å²) in [4.78, 5) is 0. The molecule has 2 atom stereocenters. The Morgan fingerprint density at radius 2 is 2.06 bits per heavy atom. The Labute approximate surface area is 109 Å². The van der Waals surface area contributed by atoms with Crippen molar-refractivity contribution in [3.05, 3.63) is 35.4 Å². The van der Waals surface area contributed by atoms with Gasteiger partial charge >= 0.3 is 0 Å². The van der Waals surface area contributed by atoms with Gasteiger partial charge < -0.3 is 15.2 Å². The number of benzene rings is 1. The van der Waals surface area contributed by atoms with E-state index < -0.39 is 0 Å². The summed E-state index contributed by atoms with van der Waals surface area (Å²) in [6.07, 6.45) is 3.34. The highest BCUT2D eigenvalue weighted by Crippen LogP contribution is 2.36. The van der Waals surface area contributed by atoms with Crippen LogP contribution in [0.25, 0.3) is 0 Å². The van der Waals surface area contributed by atoms with Gasteiger partial charge in [-0.2, -0.15) is 0 Å². The number of nitrogens with two attached hydrogens (primary N) is 1. The lowest BCUT2D eigenvalue weighted by Crippen LogP contribution is -2.17. The molecule has 1 aliphatic carbocycles. The molecule has 0 saturated carbocycles. The third-order valence-electron chi connectivity index (χ3n) is 3.70. The van der Waals surface area contributed by atoms with Crippen LogP contribution in [0.2, 0.25) is 0 Å². The predicted octanol–water partition coefficient (Wildman–Crippen LogP) is 2.30. The largest absolute Gasteiger partial charge is 0.382 e. The lowest BCUT2D eigenvalue weighted by atomic mass is 9.96. The first-order chi connectivity index (χ1) is 8.83. The fraction of sp³-hybridized carbons (Fsp3) is 0.600. The summed E-state index contributed by atoms with van der Waals surface area (Å²) in [6.45, 7) is 2.17. The molecule has 0 spiro atoms. The van der Waals surface area contributed by atoms with Crippen molar-refractivity contribution < 1.29 is 9.47 Å². The summed E-state index contributed by atoms with van der Waals surface area (Å²) >= 11 is 0. The van der Waals surface area contributed by atoms with Crippen molar-refractivity contribution in [3.63, 3.8) is 0 Å². The molecule has 1 aromatic carbocycles. The molecule has 2 unspecified atom stereocenters. The number of ether oxygens (including phenoxy) is 2. The van der Waals surface area contributed by atoms with Crippen LogP contribution in [-0.4, -0.2) is 26.9 Å². The molecule has 0 heterocycles. The Morgan fingerprint density at radius 1 is 1.22 bits per heavy atom.